The van der Waals surface area contributed by atoms with E-state index in [4.69, 9.17) is 0 Å². The fraction of sp³-hybridized carbons (Fsp3) is 0.455. The third-order valence-electron chi connectivity index (χ3n) is 5.55. The summed E-state index contributed by atoms with van der Waals surface area (Å²) in [7, 11) is 0. The third-order valence-corrected chi connectivity index (χ3v) is 5.55. The maximum absolute atomic E-state index is 14.3. The van der Waals surface area contributed by atoms with E-state index in [1.54, 1.807) is 17.0 Å². The second-order valence-corrected chi connectivity index (χ2v) is 7.99. The minimum atomic E-state index is -2.64. The van der Waals surface area contributed by atoms with Crippen molar-refractivity contribution >= 4 is 10.9 Å². The van der Waals surface area contributed by atoms with Crippen molar-refractivity contribution in [3.63, 3.8) is 0 Å². The topological polar surface area (TPSA) is 30.7 Å². The predicted molar refractivity (Wildman–Crippen MR) is 103 cm³/mol. The van der Waals surface area contributed by atoms with Crippen molar-refractivity contribution in [2.45, 2.75) is 58.4 Å². The summed E-state index contributed by atoms with van der Waals surface area (Å²) in [5.41, 5.74) is 5.19. The number of hydrogen-bond donors (Lipinski definition) is 0. The van der Waals surface area contributed by atoms with Crippen LogP contribution in [0.1, 0.15) is 55.1 Å². The number of pyridine rings is 2. The number of fused-ring (bicyclic) bond motifs is 1. The number of rotatable bonds is 6. The van der Waals surface area contributed by atoms with Crippen LogP contribution in [-0.4, -0.2) is 20.5 Å². The molecule has 0 bridgehead atoms. The highest BCUT2D eigenvalue weighted by Gasteiger charge is 2.46. The highest BCUT2D eigenvalue weighted by molar-refractivity contribution is 5.82. The maximum atomic E-state index is 14.3. The SMILES string of the molecule is Cc1ccnc(C(C)C)c1Cc1nccc2c1ccn2CC(F)(F)C1CC1. The Hall–Kier alpha value is -2.30. The molecule has 0 aliphatic heterocycles. The van der Waals surface area contributed by atoms with Crippen molar-refractivity contribution in [2.75, 3.05) is 0 Å². The van der Waals surface area contributed by atoms with Crippen molar-refractivity contribution in [3.05, 3.63) is 59.3 Å². The van der Waals surface area contributed by atoms with Gasteiger partial charge in [0.25, 0.3) is 5.92 Å². The zero-order chi connectivity index (χ0) is 19.2. The van der Waals surface area contributed by atoms with Crippen molar-refractivity contribution in [3.8, 4) is 0 Å². The molecule has 27 heavy (non-hydrogen) atoms. The van der Waals surface area contributed by atoms with Crippen molar-refractivity contribution < 1.29 is 8.78 Å². The van der Waals surface area contributed by atoms with Gasteiger partial charge in [-0.05, 0) is 55.0 Å². The molecule has 3 nitrogen and oxygen atoms in total. The second kappa shape index (κ2) is 6.70. The van der Waals surface area contributed by atoms with E-state index in [0.29, 0.717) is 25.2 Å². The van der Waals surface area contributed by atoms with Crippen LogP contribution < -0.4 is 0 Å². The molecule has 0 spiro atoms. The molecule has 1 aliphatic rings. The van der Waals surface area contributed by atoms with Crippen LogP contribution >= 0.6 is 0 Å². The van der Waals surface area contributed by atoms with E-state index in [0.717, 1.165) is 22.3 Å². The molecule has 1 saturated carbocycles. The van der Waals surface area contributed by atoms with E-state index in [1.807, 2.05) is 24.4 Å². The van der Waals surface area contributed by atoms with E-state index in [9.17, 15) is 8.78 Å². The normalized spacial score (nSPS) is 15.0. The Morgan fingerprint density at radius 1 is 1.15 bits per heavy atom. The molecule has 5 heteroatoms. The lowest BCUT2D eigenvalue weighted by atomic mass is 9.95. The predicted octanol–water partition coefficient (Wildman–Crippen LogP) is 5.50. The molecular weight excluding hydrogens is 344 g/mol. The molecule has 142 valence electrons. The lowest BCUT2D eigenvalue weighted by Crippen LogP contribution is -2.25. The summed E-state index contributed by atoms with van der Waals surface area (Å²) in [4.78, 5) is 9.14. The molecule has 4 rings (SSSR count). The summed E-state index contributed by atoms with van der Waals surface area (Å²) in [6.07, 6.45) is 7.27. The van der Waals surface area contributed by atoms with Gasteiger partial charge in [0.2, 0.25) is 0 Å². The summed E-state index contributed by atoms with van der Waals surface area (Å²) in [5.74, 6) is -2.77. The van der Waals surface area contributed by atoms with Gasteiger partial charge in [0, 0.05) is 42.0 Å². The monoisotopic (exact) mass is 369 g/mol. The maximum Gasteiger partial charge on any atom is 0.268 e. The van der Waals surface area contributed by atoms with E-state index in [-0.39, 0.29) is 6.54 Å². The van der Waals surface area contributed by atoms with Gasteiger partial charge in [0.05, 0.1) is 17.8 Å². The van der Waals surface area contributed by atoms with Gasteiger partial charge in [-0.2, -0.15) is 0 Å². The molecule has 0 atom stereocenters. The lowest BCUT2D eigenvalue weighted by molar-refractivity contribution is -0.0375. The Morgan fingerprint density at radius 3 is 2.59 bits per heavy atom. The number of aromatic nitrogens is 3. The average molecular weight is 369 g/mol. The highest BCUT2D eigenvalue weighted by atomic mass is 19.3. The quantitative estimate of drug-likeness (QED) is 0.574. The smallest absolute Gasteiger partial charge is 0.268 e. The van der Waals surface area contributed by atoms with E-state index in [2.05, 4.69) is 30.7 Å². The zero-order valence-corrected chi connectivity index (χ0v) is 16.0. The number of alkyl halides is 2. The standard InChI is InChI=1S/C22H25F2N3/c1-14(2)21-18(15(3)6-9-26-21)12-19-17-8-11-27(20(17)7-10-25-19)13-22(23,24)16-4-5-16/h6-11,14,16H,4-5,12-13H2,1-3H3. The van der Waals surface area contributed by atoms with E-state index < -0.39 is 11.8 Å². The summed E-state index contributed by atoms with van der Waals surface area (Å²) in [6, 6.07) is 5.77. The summed E-state index contributed by atoms with van der Waals surface area (Å²) < 4.78 is 30.3. The molecule has 3 aromatic rings. The molecular formula is C22H25F2N3. The Balaban J connectivity index is 1.70. The molecule has 0 aromatic carbocycles. The van der Waals surface area contributed by atoms with Gasteiger partial charge < -0.3 is 4.57 Å². The molecule has 1 fully saturated rings. The molecule has 3 heterocycles. The molecule has 0 amide bonds. The fourth-order valence-electron chi connectivity index (χ4n) is 3.83. The van der Waals surface area contributed by atoms with E-state index in [1.165, 1.54) is 11.1 Å². The molecule has 3 aromatic heterocycles. The Kier molecular flexibility index (Phi) is 4.49. The van der Waals surface area contributed by atoms with Crippen LogP contribution in [-0.2, 0) is 13.0 Å². The minimum absolute atomic E-state index is 0.256. The fourth-order valence-corrected chi connectivity index (χ4v) is 3.83. The molecule has 0 saturated heterocycles. The van der Waals surface area contributed by atoms with Gasteiger partial charge in [-0.25, -0.2) is 8.78 Å². The van der Waals surface area contributed by atoms with Crippen LogP contribution in [0.25, 0.3) is 10.9 Å². The number of aryl methyl sites for hydroxylation is 1. The number of halogens is 2. The molecule has 1 aliphatic carbocycles. The number of hydrogen-bond acceptors (Lipinski definition) is 2. The molecule has 0 N–H and O–H groups in total. The van der Waals surface area contributed by atoms with Crippen LogP contribution in [0.5, 0.6) is 0 Å². The summed E-state index contributed by atoms with van der Waals surface area (Å²) >= 11 is 0. The first-order chi connectivity index (χ1) is 12.9. The van der Waals surface area contributed by atoms with Gasteiger partial charge in [-0.15, -0.1) is 0 Å². The van der Waals surface area contributed by atoms with Gasteiger partial charge in [0.15, 0.2) is 0 Å². The first-order valence-electron chi connectivity index (χ1n) is 9.61. The van der Waals surface area contributed by atoms with Crippen LogP contribution in [0.3, 0.4) is 0 Å². The Labute approximate surface area is 158 Å². The van der Waals surface area contributed by atoms with Crippen LogP contribution in [0.4, 0.5) is 8.78 Å². The van der Waals surface area contributed by atoms with Gasteiger partial charge >= 0.3 is 0 Å². The Morgan fingerprint density at radius 2 is 1.89 bits per heavy atom. The van der Waals surface area contributed by atoms with Crippen LogP contribution in [0.15, 0.2) is 36.8 Å². The summed E-state index contributed by atoms with van der Waals surface area (Å²) in [6.45, 7) is 6.10. The molecule has 0 radical (unpaired) electrons. The second-order valence-electron chi connectivity index (χ2n) is 7.99. The van der Waals surface area contributed by atoms with Crippen molar-refractivity contribution in [1.29, 1.82) is 0 Å². The van der Waals surface area contributed by atoms with Gasteiger partial charge in [-0.1, -0.05) is 13.8 Å². The number of nitrogens with zero attached hydrogens (tertiary/aromatic N) is 3. The van der Waals surface area contributed by atoms with E-state index >= 15 is 0 Å². The summed E-state index contributed by atoms with van der Waals surface area (Å²) in [5, 5.41) is 0.946. The van der Waals surface area contributed by atoms with Crippen molar-refractivity contribution in [1.82, 2.24) is 14.5 Å². The lowest BCUT2D eigenvalue weighted by Gasteiger charge is -2.17. The van der Waals surface area contributed by atoms with Gasteiger partial charge in [0.1, 0.15) is 0 Å². The van der Waals surface area contributed by atoms with Gasteiger partial charge in [-0.3, -0.25) is 9.97 Å². The Bertz CT molecular complexity index is 971. The largest absolute Gasteiger partial charge is 0.341 e. The first kappa shape index (κ1) is 18.1. The van der Waals surface area contributed by atoms with Crippen molar-refractivity contribution in [2.24, 2.45) is 5.92 Å². The zero-order valence-electron chi connectivity index (χ0n) is 16.0. The highest BCUT2D eigenvalue weighted by Crippen LogP contribution is 2.44. The minimum Gasteiger partial charge on any atom is -0.341 e. The van der Waals surface area contributed by atoms with Crippen LogP contribution in [0, 0.1) is 12.8 Å². The van der Waals surface area contributed by atoms with Crippen LogP contribution in [0.2, 0.25) is 0 Å². The average Bonchev–Trinajstić information content (AvgIpc) is 3.41. The molecule has 0 unspecified atom stereocenters. The third kappa shape index (κ3) is 3.47. The first-order valence-corrected chi connectivity index (χ1v) is 9.61.